The van der Waals surface area contributed by atoms with Gasteiger partial charge in [-0.1, -0.05) is 0 Å². The van der Waals surface area contributed by atoms with Crippen molar-refractivity contribution in [1.29, 1.82) is 0 Å². The molecule has 0 aromatic carbocycles. The van der Waals surface area contributed by atoms with Gasteiger partial charge in [0.2, 0.25) is 16.0 Å². The highest BCUT2D eigenvalue weighted by atomic mass is 32.2. The quantitative estimate of drug-likeness (QED) is 0.614. The molecule has 3 N–H and O–H groups in total. The van der Waals surface area contributed by atoms with E-state index in [0.29, 0.717) is 4.31 Å². The molecule has 0 amide bonds. The summed E-state index contributed by atoms with van der Waals surface area (Å²) in [7, 11) is -4.34. The molecule has 0 saturated carbocycles. The highest BCUT2D eigenvalue weighted by molar-refractivity contribution is 7.89. The number of nitrogens with one attached hydrogen (secondary N) is 1. The zero-order valence-corrected chi connectivity index (χ0v) is 11.5. The van der Waals surface area contributed by atoms with Crippen LogP contribution in [-0.2, 0) is 10.0 Å². The molecule has 7 nitrogen and oxygen atoms in total. The first-order chi connectivity index (χ1) is 9.08. The van der Waals surface area contributed by atoms with Crippen LogP contribution in [0.4, 0.5) is 19.1 Å². The monoisotopic (exact) mass is 313 g/mol. The Hall–Kier alpha value is -1.46. The van der Waals surface area contributed by atoms with Gasteiger partial charge in [0.1, 0.15) is 11.4 Å². The molecule has 1 rings (SSSR count). The molecule has 0 unspecified atom stereocenters. The maximum Gasteiger partial charge on any atom is 0.402 e. The molecule has 0 aliphatic rings. The number of aromatic nitrogens is 2. The SMILES string of the molecule is CC(C)N(CC(F)(F)F)S(=O)(=O)c1cnc(NN)nc1. The topological polar surface area (TPSA) is 101 Å². The van der Waals surface area contributed by atoms with E-state index in [4.69, 9.17) is 5.84 Å². The normalized spacial score (nSPS) is 13.0. The van der Waals surface area contributed by atoms with Crippen LogP contribution in [0, 0.1) is 0 Å². The molecule has 0 atom stereocenters. The molecule has 0 saturated heterocycles. The second-order valence-electron chi connectivity index (χ2n) is 4.15. The number of rotatable bonds is 5. The third-order valence-corrected chi connectivity index (χ3v) is 4.25. The van der Waals surface area contributed by atoms with Crippen molar-refractivity contribution in [3.63, 3.8) is 0 Å². The summed E-state index contributed by atoms with van der Waals surface area (Å²) < 4.78 is 62.0. The van der Waals surface area contributed by atoms with Crippen LogP contribution in [0.2, 0.25) is 0 Å². The lowest BCUT2D eigenvalue weighted by Gasteiger charge is -2.26. The Kier molecular flexibility index (Phi) is 4.89. The van der Waals surface area contributed by atoms with Crippen LogP contribution in [0.1, 0.15) is 13.8 Å². The van der Waals surface area contributed by atoms with E-state index in [0.717, 1.165) is 12.4 Å². The van der Waals surface area contributed by atoms with Gasteiger partial charge in [-0.15, -0.1) is 0 Å². The third-order valence-electron chi connectivity index (χ3n) is 2.27. The lowest BCUT2D eigenvalue weighted by atomic mass is 10.4. The van der Waals surface area contributed by atoms with E-state index in [9.17, 15) is 21.6 Å². The van der Waals surface area contributed by atoms with Crippen LogP contribution in [0.3, 0.4) is 0 Å². The lowest BCUT2D eigenvalue weighted by Crippen LogP contribution is -2.43. The molecule has 0 fully saturated rings. The number of hydrogen-bond acceptors (Lipinski definition) is 6. The summed E-state index contributed by atoms with van der Waals surface area (Å²) in [6.07, 6.45) is -2.86. The molecular formula is C9H14F3N5O2S. The van der Waals surface area contributed by atoms with Crippen molar-refractivity contribution < 1.29 is 21.6 Å². The predicted molar refractivity (Wildman–Crippen MR) is 64.9 cm³/mol. The van der Waals surface area contributed by atoms with Gasteiger partial charge in [0.05, 0.1) is 12.4 Å². The number of anilines is 1. The van der Waals surface area contributed by atoms with Crippen LogP contribution in [-0.4, -0.2) is 41.5 Å². The Morgan fingerprint density at radius 2 is 1.85 bits per heavy atom. The molecule has 11 heteroatoms. The average Bonchev–Trinajstić information content (AvgIpc) is 2.34. The highest BCUT2D eigenvalue weighted by Crippen LogP contribution is 2.24. The summed E-state index contributed by atoms with van der Waals surface area (Å²) in [4.78, 5) is 6.70. The van der Waals surface area contributed by atoms with E-state index in [-0.39, 0.29) is 5.95 Å². The molecule has 0 spiro atoms. The number of alkyl halides is 3. The van der Waals surface area contributed by atoms with Crippen LogP contribution in [0.25, 0.3) is 0 Å². The Morgan fingerprint density at radius 1 is 1.35 bits per heavy atom. The molecule has 0 aliphatic carbocycles. The Labute approximate surface area is 114 Å². The fourth-order valence-electron chi connectivity index (χ4n) is 1.38. The van der Waals surface area contributed by atoms with Crippen molar-refractivity contribution in [2.24, 2.45) is 5.84 Å². The second kappa shape index (κ2) is 5.89. The summed E-state index contributed by atoms with van der Waals surface area (Å²) in [5, 5.41) is 0. The van der Waals surface area contributed by atoms with Gasteiger partial charge in [0.25, 0.3) is 0 Å². The highest BCUT2D eigenvalue weighted by Gasteiger charge is 2.38. The largest absolute Gasteiger partial charge is 0.402 e. The summed E-state index contributed by atoms with van der Waals surface area (Å²) in [5.41, 5.74) is 2.09. The number of nitrogens with zero attached hydrogens (tertiary/aromatic N) is 3. The maximum atomic E-state index is 12.5. The molecule has 1 aromatic rings. The Balaban J connectivity index is 3.15. The van der Waals surface area contributed by atoms with Gasteiger partial charge < -0.3 is 0 Å². The number of nitrogen functional groups attached to an aromatic ring is 1. The van der Waals surface area contributed by atoms with Crippen LogP contribution in [0.15, 0.2) is 17.3 Å². The fourth-order valence-corrected chi connectivity index (χ4v) is 2.90. The van der Waals surface area contributed by atoms with Gasteiger partial charge in [-0.3, -0.25) is 5.43 Å². The van der Waals surface area contributed by atoms with Gasteiger partial charge in [-0.05, 0) is 13.8 Å². The van der Waals surface area contributed by atoms with Crippen molar-refractivity contribution >= 4 is 16.0 Å². The van der Waals surface area contributed by atoms with Gasteiger partial charge in [-0.2, -0.15) is 17.5 Å². The zero-order chi connectivity index (χ0) is 15.6. The molecule has 1 heterocycles. The Bertz CT molecular complexity index is 544. The van der Waals surface area contributed by atoms with Gasteiger partial charge in [0, 0.05) is 6.04 Å². The average molecular weight is 313 g/mol. The molecule has 20 heavy (non-hydrogen) atoms. The molecule has 1 aromatic heterocycles. The first kappa shape index (κ1) is 16.6. The van der Waals surface area contributed by atoms with Gasteiger partial charge in [0.15, 0.2) is 0 Å². The summed E-state index contributed by atoms with van der Waals surface area (Å²) in [6.45, 7) is 1.11. The second-order valence-corrected chi connectivity index (χ2v) is 6.04. The minimum Gasteiger partial charge on any atom is -0.292 e. The molecule has 114 valence electrons. The van der Waals surface area contributed by atoms with E-state index in [1.54, 1.807) is 0 Å². The Morgan fingerprint density at radius 3 is 2.20 bits per heavy atom. The third kappa shape index (κ3) is 4.02. The van der Waals surface area contributed by atoms with Crippen molar-refractivity contribution in [2.45, 2.75) is 31.0 Å². The first-order valence-electron chi connectivity index (χ1n) is 5.45. The van der Waals surface area contributed by atoms with Gasteiger partial charge >= 0.3 is 6.18 Å². The van der Waals surface area contributed by atoms with Gasteiger partial charge in [-0.25, -0.2) is 24.2 Å². The van der Waals surface area contributed by atoms with E-state index in [1.165, 1.54) is 13.8 Å². The maximum absolute atomic E-state index is 12.5. The number of hydrogen-bond donors (Lipinski definition) is 2. The number of sulfonamides is 1. The van der Waals surface area contributed by atoms with Crippen LogP contribution >= 0.6 is 0 Å². The standard InChI is InChI=1S/C9H14F3N5O2S/c1-6(2)17(5-9(10,11)12)20(18,19)7-3-14-8(16-13)15-4-7/h3-4,6H,5,13H2,1-2H3,(H,14,15,16). The molecule has 0 aliphatic heterocycles. The number of hydrazine groups is 1. The smallest absolute Gasteiger partial charge is 0.292 e. The number of nitrogens with two attached hydrogens (primary N) is 1. The molecular weight excluding hydrogens is 299 g/mol. The molecule has 0 radical (unpaired) electrons. The van der Waals surface area contributed by atoms with E-state index in [2.05, 4.69) is 15.4 Å². The molecule has 0 bridgehead atoms. The van der Waals surface area contributed by atoms with Crippen molar-refractivity contribution in [3.05, 3.63) is 12.4 Å². The minimum atomic E-state index is -4.64. The first-order valence-corrected chi connectivity index (χ1v) is 6.89. The summed E-state index contributed by atoms with van der Waals surface area (Å²) >= 11 is 0. The van der Waals surface area contributed by atoms with Crippen LogP contribution in [0.5, 0.6) is 0 Å². The van der Waals surface area contributed by atoms with E-state index >= 15 is 0 Å². The number of halogens is 3. The van der Waals surface area contributed by atoms with E-state index < -0.39 is 33.7 Å². The zero-order valence-electron chi connectivity index (χ0n) is 10.7. The van der Waals surface area contributed by atoms with Crippen LogP contribution < -0.4 is 11.3 Å². The van der Waals surface area contributed by atoms with Crippen molar-refractivity contribution in [2.75, 3.05) is 12.0 Å². The summed E-state index contributed by atoms with van der Waals surface area (Å²) in [6, 6.07) is -0.867. The van der Waals surface area contributed by atoms with Crippen molar-refractivity contribution in [3.8, 4) is 0 Å². The minimum absolute atomic E-state index is 0.0455. The predicted octanol–water partition coefficient (Wildman–Crippen LogP) is 0.724. The lowest BCUT2D eigenvalue weighted by molar-refractivity contribution is -0.138. The van der Waals surface area contributed by atoms with Crippen molar-refractivity contribution in [1.82, 2.24) is 14.3 Å². The fraction of sp³-hybridized carbons (Fsp3) is 0.556. The summed E-state index contributed by atoms with van der Waals surface area (Å²) in [5.74, 6) is 4.97. The van der Waals surface area contributed by atoms with E-state index in [1.807, 2.05) is 0 Å².